The van der Waals surface area contributed by atoms with Gasteiger partial charge in [0.05, 0.1) is 6.61 Å². The lowest BCUT2D eigenvalue weighted by molar-refractivity contribution is 0.357. The predicted octanol–water partition coefficient (Wildman–Crippen LogP) is 3.25. The molecule has 3 rings (SSSR count). The van der Waals surface area contributed by atoms with E-state index in [0.29, 0.717) is 6.04 Å². The topological polar surface area (TPSA) is 21.3 Å². The summed E-state index contributed by atoms with van der Waals surface area (Å²) in [7, 11) is 2.08. The summed E-state index contributed by atoms with van der Waals surface area (Å²) in [6.07, 6.45) is 9.83. The average Bonchev–Trinajstić information content (AvgIpc) is 2.93. The van der Waals surface area contributed by atoms with Crippen molar-refractivity contribution in [3.63, 3.8) is 0 Å². The van der Waals surface area contributed by atoms with Crippen LogP contribution in [0.5, 0.6) is 5.75 Å². The van der Waals surface area contributed by atoms with Crippen molar-refractivity contribution in [1.29, 1.82) is 0 Å². The maximum Gasteiger partial charge on any atom is 0.122 e. The molecule has 102 valence electrons. The Morgan fingerprint density at radius 3 is 3.00 bits per heavy atom. The third-order valence-corrected chi connectivity index (χ3v) is 4.32. The first-order chi connectivity index (χ1) is 9.36. The first kappa shape index (κ1) is 12.7. The summed E-state index contributed by atoms with van der Waals surface area (Å²) in [6.45, 7) is 0.847. The van der Waals surface area contributed by atoms with Crippen molar-refractivity contribution in [1.82, 2.24) is 5.32 Å². The second kappa shape index (κ2) is 5.79. The van der Waals surface area contributed by atoms with Gasteiger partial charge in [-0.15, -0.1) is 0 Å². The summed E-state index contributed by atoms with van der Waals surface area (Å²) >= 11 is 0. The SMILES string of the molecule is CNC(Cc1ccc2c(c1)CCO2)C1=CCCCC1. The van der Waals surface area contributed by atoms with Gasteiger partial charge in [-0.25, -0.2) is 0 Å². The van der Waals surface area contributed by atoms with E-state index in [1.54, 1.807) is 5.57 Å². The van der Waals surface area contributed by atoms with Gasteiger partial charge in [-0.2, -0.15) is 0 Å². The Morgan fingerprint density at radius 1 is 1.26 bits per heavy atom. The normalized spacial score (nSPS) is 19.5. The Morgan fingerprint density at radius 2 is 2.21 bits per heavy atom. The van der Waals surface area contributed by atoms with Gasteiger partial charge in [-0.1, -0.05) is 23.8 Å². The Balaban J connectivity index is 1.73. The molecule has 0 saturated heterocycles. The standard InChI is InChI=1S/C17H23NO/c1-18-16(14-5-3-2-4-6-14)12-13-7-8-17-15(11-13)9-10-19-17/h5,7-8,11,16,18H,2-4,6,9-10,12H2,1H3. The van der Waals surface area contributed by atoms with Crippen molar-refractivity contribution in [2.75, 3.05) is 13.7 Å². The number of benzene rings is 1. The summed E-state index contributed by atoms with van der Waals surface area (Å²) in [5, 5.41) is 3.49. The molecule has 1 N–H and O–H groups in total. The third kappa shape index (κ3) is 2.84. The first-order valence-corrected chi connectivity index (χ1v) is 7.47. The fourth-order valence-electron chi connectivity index (χ4n) is 3.20. The molecule has 2 aliphatic rings. The van der Waals surface area contributed by atoms with Crippen molar-refractivity contribution >= 4 is 0 Å². The van der Waals surface area contributed by atoms with E-state index in [0.717, 1.165) is 25.2 Å². The molecule has 1 aromatic carbocycles. The lowest BCUT2D eigenvalue weighted by atomic mass is 9.90. The number of likely N-dealkylation sites (N-methyl/N-ethyl adjacent to an activating group) is 1. The highest BCUT2D eigenvalue weighted by Crippen LogP contribution is 2.28. The van der Waals surface area contributed by atoms with Gasteiger partial charge in [0.1, 0.15) is 5.75 Å². The molecule has 0 aromatic heterocycles. The van der Waals surface area contributed by atoms with E-state index in [4.69, 9.17) is 4.74 Å². The lowest BCUT2D eigenvalue weighted by Crippen LogP contribution is -2.30. The highest BCUT2D eigenvalue weighted by molar-refractivity contribution is 5.40. The quantitative estimate of drug-likeness (QED) is 0.836. The van der Waals surface area contributed by atoms with Crippen molar-refractivity contribution in [2.45, 2.75) is 44.6 Å². The highest BCUT2D eigenvalue weighted by atomic mass is 16.5. The second-order valence-corrected chi connectivity index (χ2v) is 5.61. The monoisotopic (exact) mass is 257 g/mol. The molecule has 1 atom stereocenters. The molecule has 2 nitrogen and oxygen atoms in total. The van der Waals surface area contributed by atoms with Crippen LogP contribution in [-0.2, 0) is 12.8 Å². The van der Waals surface area contributed by atoms with Crippen LogP contribution >= 0.6 is 0 Å². The largest absolute Gasteiger partial charge is 0.493 e. The van der Waals surface area contributed by atoms with Crippen molar-refractivity contribution in [3.8, 4) is 5.75 Å². The third-order valence-electron chi connectivity index (χ3n) is 4.32. The first-order valence-electron chi connectivity index (χ1n) is 7.47. The van der Waals surface area contributed by atoms with E-state index in [1.165, 1.54) is 36.8 Å². The summed E-state index contributed by atoms with van der Waals surface area (Å²) in [4.78, 5) is 0. The minimum absolute atomic E-state index is 0.501. The van der Waals surface area contributed by atoms with Gasteiger partial charge in [-0.05, 0) is 56.3 Å². The van der Waals surface area contributed by atoms with E-state index >= 15 is 0 Å². The molecule has 0 spiro atoms. The zero-order valence-corrected chi connectivity index (χ0v) is 11.7. The summed E-state index contributed by atoms with van der Waals surface area (Å²) in [6, 6.07) is 7.19. The second-order valence-electron chi connectivity index (χ2n) is 5.61. The fourth-order valence-corrected chi connectivity index (χ4v) is 3.20. The number of hydrogen-bond acceptors (Lipinski definition) is 2. The molecule has 1 aliphatic carbocycles. The minimum atomic E-state index is 0.501. The van der Waals surface area contributed by atoms with Gasteiger partial charge >= 0.3 is 0 Å². The molecule has 0 saturated carbocycles. The van der Waals surface area contributed by atoms with Crippen LogP contribution in [0.25, 0.3) is 0 Å². The van der Waals surface area contributed by atoms with Crippen LogP contribution < -0.4 is 10.1 Å². The summed E-state index contributed by atoms with van der Waals surface area (Å²) in [5.74, 6) is 1.08. The number of rotatable bonds is 4. The summed E-state index contributed by atoms with van der Waals surface area (Å²) < 4.78 is 5.57. The summed E-state index contributed by atoms with van der Waals surface area (Å²) in [5.41, 5.74) is 4.41. The predicted molar refractivity (Wildman–Crippen MR) is 78.7 cm³/mol. The molecule has 1 unspecified atom stereocenters. The van der Waals surface area contributed by atoms with E-state index in [1.807, 2.05) is 0 Å². The van der Waals surface area contributed by atoms with Crippen LogP contribution in [0.3, 0.4) is 0 Å². The molecule has 1 heterocycles. The Kier molecular flexibility index (Phi) is 3.88. The number of nitrogens with one attached hydrogen (secondary N) is 1. The van der Waals surface area contributed by atoms with Gasteiger partial charge in [-0.3, -0.25) is 0 Å². The molecule has 19 heavy (non-hydrogen) atoms. The molecule has 0 radical (unpaired) electrons. The Hall–Kier alpha value is -1.28. The number of ether oxygens (including phenoxy) is 1. The zero-order chi connectivity index (χ0) is 13.1. The average molecular weight is 257 g/mol. The van der Waals surface area contributed by atoms with Crippen LogP contribution in [0, 0.1) is 0 Å². The van der Waals surface area contributed by atoms with Crippen LogP contribution in [-0.4, -0.2) is 19.7 Å². The number of fused-ring (bicyclic) bond motifs is 1. The van der Waals surface area contributed by atoms with Crippen LogP contribution in [0.4, 0.5) is 0 Å². The fraction of sp³-hybridized carbons (Fsp3) is 0.529. The Bertz CT molecular complexity index is 478. The van der Waals surface area contributed by atoms with E-state index in [9.17, 15) is 0 Å². The smallest absolute Gasteiger partial charge is 0.122 e. The molecular formula is C17H23NO. The number of hydrogen-bond donors (Lipinski definition) is 1. The van der Waals surface area contributed by atoms with Crippen molar-refractivity contribution < 1.29 is 4.74 Å². The molecule has 1 aliphatic heterocycles. The van der Waals surface area contributed by atoms with Crippen molar-refractivity contribution in [3.05, 3.63) is 41.0 Å². The molecule has 2 heteroatoms. The minimum Gasteiger partial charge on any atom is -0.493 e. The lowest BCUT2D eigenvalue weighted by Gasteiger charge is -2.23. The maximum atomic E-state index is 5.57. The molecule has 0 bridgehead atoms. The van der Waals surface area contributed by atoms with E-state index in [2.05, 4.69) is 36.6 Å². The van der Waals surface area contributed by atoms with E-state index in [-0.39, 0.29) is 0 Å². The van der Waals surface area contributed by atoms with Gasteiger partial charge in [0.2, 0.25) is 0 Å². The number of allylic oxidation sites excluding steroid dienone is 1. The van der Waals surface area contributed by atoms with Crippen molar-refractivity contribution in [2.24, 2.45) is 0 Å². The van der Waals surface area contributed by atoms with Gasteiger partial charge in [0, 0.05) is 12.5 Å². The van der Waals surface area contributed by atoms with Gasteiger partial charge in [0.25, 0.3) is 0 Å². The van der Waals surface area contributed by atoms with E-state index < -0.39 is 0 Å². The molecule has 0 fully saturated rings. The molecule has 0 amide bonds. The van der Waals surface area contributed by atoms with Crippen LogP contribution in [0.2, 0.25) is 0 Å². The van der Waals surface area contributed by atoms with Gasteiger partial charge in [0.15, 0.2) is 0 Å². The highest BCUT2D eigenvalue weighted by Gasteiger charge is 2.17. The molecular weight excluding hydrogens is 234 g/mol. The van der Waals surface area contributed by atoms with Crippen LogP contribution in [0.15, 0.2) is 29.8 Å². The van der Waals surface area contributed by atoms with Crippen LogP contribution in [0.1, 0.15) is 36.8 Å². The van der Waals surface area contributed by atoms with Gasteiger partial charge < -0.3 is 10.1 Å². The maximum absolute atomic E-state index is 5.57. The molecule has 1 aromatic rings. The Labute approximate surface area is 115 Å². The zero-order valence-electron chi connectivity index (χ0n) is 11.7.